The van der Waals surface area contributed by atoms with Crippen molar-refractivity contribution in [2.75, 3.05) is 38.2 Å². The molecule has 0 N–H and O–H groups in total. The lowest BCUT2D eigenvalue weighted by atomic mass is 10.1. The molecular formula is C20H19F3N2O3. The molecule has 0 spiro atoms. The number of amides is 1. The summed E-state index contributed by atoms with van der Waals surface area (Å²) in [7, 11) is 1.12. The third-order valence-corrected chi connectivity index (χ3v) is 4.65. The lowest BCUT2D eigenvalue weighted by Crippen LogP contribution is -2.49. The predicted molar refractivity (Wildman–Crippen MR) is 97.3 cm³/mol. The van der Waals surface area contributed by atoms with Gasteiger partial charge in [0.05, 0.1) is 18.2 Å². The third kappa shape index (κ3) is 4.11. The second-order valence-electron chi connectivity index (χ2n) is 6.37. The minimum atomic E-state index is -4.61. The number of carbonyl (C=O) groups is 2. The first-order valence-electron chi connectivity index (χ1n) is 8.70. The average molecular weight is 392 g/mol. The van der Waals surface area contributed by atoms with Crippen molar-refractivity contribution in [2.45, 2.75) is 6.18 Å². The number of anilines is 1. The lowest BCUT2D eigenvalue weighted by molar-refractivity contribution is -0.137. The van der Waals surface area contributed by atoms with E-state index in [-0.39, 0.29) is 30.2 Å². The van der Waals surface area contributed by atoms with E-state index in [2.05, 4.69) is 4.74 Å². The molecule has 1 amide bonds. The third-order valence-electron chi connectivity index (χ3n) is 4.65. The molecular weight excluding hydrogens is 373 g/mol. The number of ether oxygens (including phenoxy) is 1. The fraction of sp³-hybridized carbons (Fsp3) is 0.300. The first-order chi connectivity index (χ1) is 13.3. The molecule has 1 fully saturated rings. The van der Waals surface area contributed by atoms with E-state index in [9.17, 15) is 22.8 Å². The maximum Gasteiger partial charge on any atom is 0.418 e. The van der Waals surface area contributed by atoms with Gasteiger partial charge in [-0.05, 0) is 30.3 Å². The zero-order valence-corrected chi connectivity index (χ0v) is 15.2. The molecule has 0 saturated carbocycles. The number of halogens is 3. The van der Waals surface area contributed by atoms with Gasteiger partial charge in [-0.3, -0.25) is 4.79 Å². The number of alkyl halides is 3. The summed E-state index contributed by atoms with van der Waals surface area (Å²) in [6, 6.07) is 12.2. The van der Waals surface area contributed by atoms with E-state index < -0.39 is 17.7 Å². The molecule has 0 atom stereocenters. The number of hydrogen-bond donors (Lipinski definition) is 0. The summed E-state index contributed by atoms with van der Waals surface area (Å²) < 4.78 is 45.1. The molecule has 0 unspecified atom stereocenters. The monoisotopic (exact) mass is 392 g/mol. The van der Waals surface area contributed by atoms with Crippen molar-refractivity contribution in [1.29, 1.82) is 0 Å². The number of methoxy groups -OCH3 is 1. The second-order valence-corrected chi connectivity index (χ2v) is 6.37. The fourth-order valence-corrected chi connectivity index (χ4v) is 3.20. The average Bonchev–Trinajstić information content (AvgIpc) is 2.72. The van der Waals surface area contributed by atoms with Gasteiger partial charge in [0, 0.05) is 37.4 Å². The molecule has 2 aromatic carbocycles. The zero-order chi connectivity index (χ0) is 20.3. The number of esters is 1. The van der Waals surface area contributed by atoms with E-state index in [1.165, 1.54) is 12.1 Å². The Bertz CT molecular complexity index is 861. The maximum atomic E-state index is 13.5. The van der Waals surface area contributed by atoms with Gasteiger partial charge in [0.1, 0.15) is 0 Å². The highest BCUT2D eigenvalue weighted by molar-refractivity contribution is 5.94. The van der Waals surface area contributed by atoms with Crippen LogP contribution in [0.25, 0.3) is 0 Å². The fourth-order valence-electron chi connectivity index (χ4n) is 3.20. The van der Waals surface area contributed by atoms with Crippen LogP contribution < -0.4 is 4.90 Å². The Hall–Kier alpha value is -3.03. The van der Waals surface area contributed by atoms with Crippen LogP contribution in [0, 0.1) is 0 Å². The number of rotatable bonds is 3. The summed E-state index contributed by atoms with van der Waals surface area (Å²) in [6.45, 7) is 1.14. The number of carbonyl (C=O) groups excluding carboxylic acids is 2. The van der Waals surface area contributed by atoms with Crippen LogP contribution in [0.2, 0.25) is 0 Å². The van der Waals surface area contributed by atoms with Gasteiger partial charge in [-0.25, -0.2) is 4.79 Å². The van der Waals surface area contributed by atoms with Crippen LogP contribution in [0.5, 0.6) is 0 Å². The van der Waals surface area contributed by atoms with Crippen molar-refractivity contribution >= 4 is 17.6 Å². The smallest absolute Gasteiger partial charge is 0.418 e. The van der Waals surface area contributed by atoms with Crippen LogP contribution in [-0.4, -0.2) is 50.1 Å². The summed E-state index contributed by atoms with van der Waals surface area (Å²) >= 11 is 0. The Morgan fingerprint density at radius 3 is 2.14 bits per heavy atom. The van der Waals surface area contributed by atoms with E-state index in [1.807, 2.05) is 6.07 Å². The van der Waals surface area contributed by atoms with Crippen LogP contribution in [-0.2, 0) is 10.9 Å². The molecule has 1 aliphatic heterocycles. The number of nitrogens with zero attached hydrogens (tertiary/aromatic N) is 2. The van der Waals surface area contributed by atoms with E-state index in [4.69, 9.17) is 0 Å². The van der Waals surface area contributed by atoms with Crippen molar-refractivity contribution in [3.05, 3.63) is 65.2 Å². The van der Waals surface area contributed by atoms with Crippen LogP contribution in [0.15, 0.2) is 48.5 Å². The molecule has 1 saturated heterocycles. The van der Waals surface area contributed by atoms with Gasteiger partial charge in [-0.2, -0.15) is 13.2 Å². The molecule has 28 heavy (non-hydrogen) atoms. The molecule has 1 aliphatic rings. The molecule has 8 heteroatoms. The first-order valence-corrected chi connectivity index (χ1v) is 8.70. The van der Waals surface area contributed by atoms with Crippen LogP contribution in [0.1, 0.15) is 26.3 Å². The highest BCUT2D eigenvalue weighted by Crippen LogP contribution is 2.37. The molecule has 148 valence electrons. The van der Waals surface area contributed by atoms with Crippen molar-refractivity contribution in [3.63, 3.8) is 0 Å². The normalized spacial score (nSPS) is 14.7. The molecule has 3 rings (SSSR count). The predicted octanol–water partition coefficient (Wildman–Crippen LogP) is 3.45. The maximum absolute atomic E-state index is 13.5. The Morgan fingerprint density at radius 1 is 0.929 bits per heavy atom. The van der Waals surface area contributed by atoms with Gasteiger partial charge in [-0.1, -0.05) is 18.2 Å². The highest BCUT2D eigenvalue weighted by atomic mass is 19.4. The number of benzene rings is 2. The first kappa shape index (κ1) is 19.7. The van der Waals surface area contributed by atoms with Crippen molar-refractivity contribution in [2.24, 2.45) is 0 Å². The van der Waals surface area contributed by atoms with Gasteiger partial charge in [0.2, 0.25) is 0 Å². The Morgan fingerprint density at radius 2 is 1.57 bits per heavy atom. The summed E-state index contributed by atoms with van der Waals surface area (Å²) in [5, 5.41) is 0. The summed E-state index contributed by atoms with van der Waals surface area (Å²) in [6.07, 6.45) is -4.61. The van der Waals surface area contributed by atoms with E-state index >= 15 is 0 Å². The topological polar surface area (TPSA) is 49.9 Å². The molecule has 0 bridgehead atoms. The molecule has 0 radical (unpaired) electrons. The Balaban J connectivity index is 1.78. The van der Waals surface area contributed by atoms with Gasteiger partial charge in [0.25, 0.3) is 5.91 Å². The van der Waals surface area contributed by atoms with Gasteiger partial charge in [0.15, 0.2) is 0 Å². The van der Waals surface area contributed by atoms with Gasteiger partial charge in [-0.15, -0.1) is 0 Å². The van der Waals surface area contributed by atoms with Crippen molar-refractivity contribution in [1.82, 2.24) is 4.90 Å². The Kier molecular flexibility index (Phi) is 5.58. The molecule has 2 aromatic rings. The lowest BCUT2D eigenvalue weighted by Gasteiger charge is -2.37. The summed E-state index contributed by atoms with van der Waals surface area (Å²) in [4.78, 5) is 27.3. The summed E-state index contributed by atoms with van der Waals surface area (Å²) in [5.74, 6) is -0.965. The van der Waals surface area contributed by atoms with Gasteiger partial charge >= 0.3 is 12.1 Å². The molecule has 0 aliphatic carbocycles. The van der Waals surface area contributed by atoms with Crippen molar-refractivity contribution < 1.29 is 27.5 Å². The van der Waals surface area contributed by atoms with E-state index in [1.54, 1.807) is 34.1 Å². The minimum Gasteiger partial charge on any atom is -0.465 e. The zero-order valence-electron chi connectivity index (χ0n) is 15.2. The van der Waals surface area contributed by atoms with E-state index in [0.717, 1.165) is 13.2 Å². The largest absolute Gasteiger partial charge is 0.465 e. The van der Waals surface area contributed by atoms with Crippen LogP contribution in [0.3, 0.4) is 0 Å². The summed E-state index contributed by atoms with van der Waals surface area (Å²) in [5.41, 5.74) is -0.504. The van der Waals surface area contributed by atoms with Gasteiger partial charge < -0.3 is 14.5 Å². The van der Waals surface area contributed by atoms with Crippen molar-refractivity contribution in [3.8, 4) is 0 Å². The quantitative estimate of drug-likeness (QED) is 0.751. The highest BCUT2D eigenvalue weighted by Gasteiger charge is 2.36. The van der Waals surface area contributed by atoms with Crippen LogP contribution in [0.4, 0.5) is 18.9 Å². The number of piperazine rings is 1. The standard InChI is InChI=1S/C20H19F3N2O3/c1-28-19(27)15-7-8-17(16(13-15)20(21,22)23)24-9-11-25(12-10-24)18(26)14-5-3-2-4-6-14/h2-8,13H,9-12H2,1H3. The molecule has 0 aromatic heterocycles. The van der Waals surface area contributed by atoms with Crippen LogP contribution >= 0.6 is 0 Å². The molecule has 5 nitrogen and oxygen atoms in total. The SMILES string of the molecule is COC(=O)c1ccc(N2CCN(C(=O)c3ccccc3)CC2)c(C(F)(F)F)c1. The Labute approximate surface area is 160 Å². The molecule has 1 heterocycles. The minimum absolute atomic E-state index is 0.00744. The second kappa shape index (κ2) is 7.92. The number of hydrogen-bond acceptors (Lipinski definition) is 4. The van der Waals surface area contributed by atoms with E-state index in [0.29, 0.717) is 18.7 Å².